The summed E-state index contributed by atoms with van der Waals surface area (Å²) in [5.74, 6) is 0.757. The first-order valence-electron chi connectivity index (χ1n) is 11.0. The van der Waals surface area contributed by atoms with E-state index < -0.39 is 21.3 Å². The average Bonchev–Trinajstić information content (AvgIpc) is 2.81. The molecule has 0 aliphatic rings. The van der Waals surface area contributed by atoms with Gasteiger partial charge in [-0.25, -0.2) is 0 Å². The highest BCUT2D eigenvalue weighted by molar-refractivity contribution is 8.00. The van der Waals surface area contributed by atoms with Crippen molar-refractivity contribution in [2.75, 3.05) is 18.6 Å². The fraction of sp³-hybridized carbons (Fsp3) is 0.269. The highest BCUT2D eigenvalue weighted by atomic mass is 35.5. The summed E-state index contributed by atoms with van der Waals surface area (Å²) >= 11 is 7.36. The predicted octanol–water partition coefficient (Wildman–Crippen LogP) is 5.27. The summed E-state index contributed by atoms with van der Waals surface area (Å²) < 4.78 is 32.8. The quantitative estimate of drug-likeness (QED) is 0.299. The minimum Gasteiger partial charge on any atom is -0.493 e. The van der Waals surface area contributed by atoms with Crippen LogP contribution >= 0.6 is 23.4 Å². The number of hydrogen-bond acceptors (Lipinski definition) is 6. The van der Waals surface area contributed by atoms with Gasteiger partial charge in [0.2, 0.25) is 0 Å². The van der Waals surface area contributed by atoms with Crippen LogP contribution in [-0.4, -0.2) is 43.4 Å². The lowest BCUT2D eigenvalue weighted by Crippen LogP contribution is -2.20. The zero-order valence-corrected chi connectivity index (χ0v) is 21.6. The van der Waals surface area contributed by atoms with Gasteiger partial charge < -0.3 is 14.0 Å². The maximum Gasteiger partial charge on any atom is 0.316 e. The Morgan fingerprint density at radius 3 is 2.03 bits per heavy atom. The molecule has 9 heteroatoms. The van der Waals surface area contributed by atoms with E-state index in [0.717, 1.165) is 35.1 Å². The molecule has 0 spiro atoms. The number of carbonyl (C=O) groups is 1. The van der Waals surface area contributed by atoms with Crippen LogP contribution in [0.4, 0.5) is 0 Å². The third kappa shape index (κ3) is 9.84. The molecule has 3 aromatic carbocycles. The lowest BCUT2D eigenvalue weighted by atomic mass is 10.1. The third-order valence-electron chi connectivity index (χ3n) is 5.07. The van der Waals surface area contributed by atoms with E-state index in [4.69, 9.17) is 20.5 Å². The lowest BCUT2D eigenvalue weighted by molar-refractivity contribution is -0.136. The number of hydrogen-bond donors (Lipinski definition) is 1. The van der Waals surface area contributed by atoms with Crippen LogP contribution in [0.2, 0.25) is 5.02 Å². The normalized spacial score (nSPS) is 12.2. The Hall–Kier alpha value is -2.68. The highest BCUT2D eigenvalue weighted by Crippen LogP contribution is 2.21. The van der Waals surface area contributed by atoms with E-state index in [9.17, 15) is 18.3 Å². The molecule has 0 heterocycles. The Labute approximate surface area is 215 Å². The van der Waals surface area contributed by atoms with Gasteiger partial charge in [0.25, 0.3) is 0 Å². The van der Waals surface area contributed by atoms with Gasteiger partial charge in [0.05, 0.1) is 12.9 Å². The van der Waals surface area contributed by atoms with Crippen molar-refractivity contribution in [1.82, 2.24) is 0 Å². The zero-order chi connectivity index (χ0) is 25.3. The van der Waals surface area contributed by atoms with Crippen LogP contribution in [0.25, 0.3) is 0 Å². The van der Waals surface area contributed by atoms with Gasteiger partial charge in [-0.05, 0) is 71.7 Å². The van der Waals surface area contributed by atoms with Crippen LogP contribution in [-0.2, 0) is 34.2 Å². The molecule has 0 saturated heterocycles. The molecule has 186 valence electrons. The Morgan fingerprint density at radius 1 is 0.886 bits per heavy atom. The lowest BCUT2D eigenvalue weighted by Gasteiger charge is -2.13. The molecule has 3 aromatic rings. The molecule has 6 nitrogen and oxygen atoms in total. The van der Waals surface area contributed by atoms with E-state index in [-0.39, 0.29) is 5.75 Å². The second-order valence-electron chi connectivity index (χ2n) is 7.95. The summed E-state index contributed by atoms with van der Waals surface area (Å²) in [5.41, 5.74) is 3.19. The summed E-state index contributed by atoms with van der Waals surface area (Å²) in [6.45, 7) is 0.448. The van der Waals surface area contributed by atoms with Gasteiger partial charge in [-0.2, -0.15) is 8.42 Å². The fourth-order valence-corrected chi connectivity index (χ4v) is 4.97. The first-order valence-corrected chi connectivity index (χ1v) is 14.2. The van der Waals surface area contributed by atoms with Crippen molar-refractivity contribution in [3.8, 4) is 11.5 Å². The molecule has 3 rings (SSSR count). The first kappa shape index (κ1) is 26.9. The van der Waals surface area contributed by atoms with E-state index in [2.05, 4.69) is 0 Å². The van der Waals surface area contributed by atoms with Crippen LogP contribution in [0.3, 0.4) is 0 Å². The van der Waals surface area contributed by atoms with Crippen molar-refractivity contribution >= 4 is 39.5 Å². The minimum absolute atomic E-state index is 0.234. The molecular formula is C26H27ClO6S2. The van der Waals surface area contributed by atoms with E-state index in [1.807, 2.05) is 48.5 Å². The summed E-state index contributed by atoms with van der Waals surface area (Å²) in [4.78, 5) is 11.7. The summed E-state index contributed by atoms with van der Waals surface area (Å²) in [7, 11) is -3.56. The van der Waals surface area contributed by atoms with Crippen LogP contribution in [0.5, 0.6) is 11.5 Å². The van der Waals surface area contributed by atoms with Gasteiger partial charge in [-0.15, -0.1) is 11.8 Å². The van der Waals surface area contributed by atoms with Crippen molar-refractivity contribution in [2.45, 2.75) is 24.5 Å². The Kier molecular flexibility index (Phi) is 9.89. The Balaban J connectivity index is 1.43. The van der Waals surface area contributed by atoms with E-state index in [1.165, 1.54) is 23.9 Å². The van der Waals surface area contributed by atoms with Crippen LogP contribution in [0.15, 0.2) is 72.8 Å². The van der Waals surface area contributed by atoms with Crippen molar-refractivity contribution in [2.24, 2.45) is 0 Å². The maximum absolute atomic E-state index is 11.7. The first-order chi connectivity index (χ1) is 16.7. The Bertz CT molecular complexity index is 1190. The summed E-state index contributed by atoms with van der Waals surface area (Å²) in [6.07, 6.45) is 2.92. The number of thioether (sulfide) groups is 1. The van der Waals surface area contributed by atoms with Gasteiger partial charge in [0, 0.05) is 11.4 Å². The highest BCUT2D eigenvalue weighted by Gasteiger charge is 2.18. The molecule has 1 N–H and O–H groups in total. The molecule has 0 bridgehead atoms. The van der Waals surface area contributed by atoms with Gasteiger partial charge in [0.15, 0.2) is 0 Å². The number of ether oxygens (including phenoxy) is 1. The van der Waals surface area contributed by atoms with Gasteiger partial charge in [-0.3, -0.25) is 4.79 Å². The van der Waals surface area contributed by atoms with Crippen LogP contribution < -0.4 is 8.92 Å². The third-order valence-corrected chi connectivity index (χ3v) is 7.03. The number of halogens is 1. The van der Waals surface area contributed by atoms with E-state index in [1.54, 1.807) is 12.1 Å². The summed E-state index contributed by atoms with van der Waals surface area (Å²) in [6, 6.07) is 21.9. The predicted molar refractivity (Wildman–Crippen MR) is 140 cm³/mol. The molecule has 1 atom stereocenters. The maximum atomic E-state index is 11.7. The molecule has 0 aliphatic carbocycles. The molecule has 0 radical (unpaired) electrons. The molecule has 0 unspecified atom stereocenters. The van der Waals surface area contributed by atoms with Gasteiger partial charge >= 0.3 is 16.1 Å². The second-order valence-corrected chi connectivity index (χ2v) is 11.3. The van der Waals surface area contributed by atoms with E-state index >= 15 is 0 Å². The number of rotatable bonds is 13. The molecule has 0 aliphatic heterocycles. The van der Waals surface area contributed by atoms with Crippen molar-refractivity contribution in [3.63, 3.8) is 0 Å². The molecule has 0 fully saturated rings. The molecule has 0 aromatic heterocycles. The smallest absolute Gasteiger partial charge is 0.316 e. The second kappa shape index (κ2) is 12.9. The number of carboxylic acid groups (broad SMARTS) is 1. The standard InChI is InChI=1S/C26H27ClO6S2/c1-35(30,31)33-24-12-10-23(11-13-24)32-16-14-19-2-4-21(5-3-19)18-25(26(28)29)34-17-15-20-6-8-22(27)9-7-20/h2-13,25H,14-18H2,1H3,(H,28,29)/t25-/m1/s1. The summed E-state index contributed by atoms with van der Waals surface area (Å²) in [5, 5.41) is 9.81. The minimum atomic E-state index is -3.56. The van der Waals surface area contributed by atoms with Crippen LogP contribution in [0, 0.1) is 0 Å². The molecular weight excluding hydrogens is 508 g/mol. The Morgan fingerprint density at radius 2 is 1.43 bits per heavy atom. The largest absolute Gasteiger partial charge is 0.493 e. The van der Waals surface area contributed by atoms with Gasteiger partial charge in [-0.1, -0.05) is 48.0 Å². The van der Waals surface area contributed by atoms with Crippen molar-refractivity contribution in [1.29, 1.82) is 0 Å². The number of aryl methyl sites for hydroxylation is 1. The van der Waals surface area contributed by atoms with E-state index in [0.29, 0.717) is 30.2 Å². The number of carboxylic acids is 1. The van der Waals surface area contributed by atoms with Gasteiger partial charge in [0.1, 0.15) is 16.7 Å². The van der Waals surface area contributed by atoms with Crippen LogP contribution in [0.1, 0.15) is 16.7 Å². The molecule has 0 saturated carbocycles. The van der Waals surface area contributed by atoms with Crippen molar-refractivity contribution in [3.05, 3.63) is 94.5 Å². The number of aliphatic carboxylic acids is 1. The zero-order valence-electron chi connectivity index (χ0n) is 19.2. The number of benzene rings is 3. The topological polar surface area (TPSA) is 89.9 Å². The van der Waals surface area contributed by atoms with Crippen molar-refractivity contribution < 1.29 is 27.2 Å². The SMILES string of the molecule is CS(=O)(=O)Oc1ccc(OCCc2ccc(C[C@@H](SCCc3ccc(Cl)cc3)C(=O)O)cc2)cc1. The molecule has 35 heavy (non-hydrogen) atoms. The molecule has 0 amide bonds. The monoisotopic (exact) mass is 534 g/mol. The fourth-order valence-electron chi connectivity index (χ4n) is 3.30. The average molecular weight is 535 g/mol.